The maximum absolute atomic E-state index is 9.39. The van der Waals surface area contributed by atoms with Gasteiger partial charge in [-0.15, -0.1) is 0 Å². The lowest BCUT2D eigenvalue weighted by molar-refractivity contribution is 0.271. The smallest absolute Gasteiger partial charge is 0.230 e. The molecule has 3 heterocycles. The molecule has 1 atom stereocenters. The summed E-state index contributed by atoms with van der Waals surface area (Å²) in [5.74, 6) is 0.771. The molecule has 5 rings (SSSR count). The second-order valence-electron chi connectivity index (χ2n) is 7.23. The van der Waals surface area contributed by atoms with Crippen molar-refractivity contribution >= 4 is 0 Å². The van der Waals surface area contributed by atoms with Crippen molar-refractivity contribution in [2.75, 3.05) is 6.61 Å². The highest BCUT2D eigenvalue weighted by Crippen LogP contribution is 2.47. The van der Waals surface area contributed by atoms with Gasteiger partial charge in [0.25, 0.3) is 0 Å². The zero-order chi connectivity index (χ0) is 20.7. The molecule has 1 aliphatic heterocycles. The average molecular weight is 399 g/mol. The number of aliphatic hydroxyl groups is 1. The van der Waals surface area contributed by atoms with Crippen LogP contribution in [0.1, 0.15) is 28.3 Å². The number of rotatable bonds is 4. The van der Waals surface area contributed by atoms with Gasteiger partial charge < -0.3 is 14.4 Å². The Balaban J connectivity index is 1.79. The second kappa shape index (κ2) is 7.27. The third kappa shape index (κ3) is 2.83. The van der Waals surface area contributed by atoms with Crippen LogP contribution in [0.5, 0.6) is 11.8 Å². The average Bonchev–Trinajstić information content (AvgIpc) is 3.12. The van der Waals surface area contributed by atoms with Crippen LogP contribution in [0, 0.1) is 12.3 Å². The van der Waals surface area contributed by atoms with Crippen LogP contribution < -0.4 is 10.2 Å². The van der Waals surface area contributed by atoms with Gasteiger partial charge in [-0.25, -0.2) is 9.67 Å². The molecule has 4 aromatic rings. The number of fused-ring (bicyclic) bond motifs is 2. The molecule has 0 radical (unpaired) electrons. The molecule has 0 spiro atoms. The van der Waals surface area contributed by atoms with Crippen molar-refractivity contribution in [3.8, 4) is 17.4 Å². The summed E-state index contributed by atoms with van der Waals surface area (Å²) in [4.78, 5) is 4.49. The molecule has 0 aliphatic carbocycles. The van der Waals surface area contributed by atoms with Crippen LogP contribution in [0.2, 0.25) is 0 Å². The Labute approximate surface area is 173 Å². The van der Waals surface area contributed by atoms with E-state index >= 15 is 0 Å². The van der Waals surface area contributed by atoms with Gasteiger partial charge >= 0.3 is 0 Å². The first-order valence-electron chi connectivity index (χ1n) is 9.81. The van der Waals surface area contributed by atoms with E-state index in [1.165, 1.54) is 0 Å². The minimum Gasteiger partial charge on any atom is -0.420 e. The Morgan fingerprint density at radius 2 is 1.73 bits per heavy atom. The van der Waals surface area contributed by atoms with Crippen LogP contribution in [0.4, 0.5) is 0 Å². The Bertz CT molecular complexity index is 1260. The summed E-state index contributed by atoms with van der Waals surface area (Å²) in [7, 11) is 0. The summed E-state index contributed by atoms with van der Waals surface area (Å²) >= 11 is 0. The minimum atomic E-state index is -0.242. The number of para-hydroxylation sites is 1. The summed E-state index contributed by atoms with van der Waals surface area (Å²) in [5.41, 5.74) is 4.66. The maximum Gasteiger partial charge on any atom is 0.230 e. The number of ether oxygens (including phenoxy) is 1. The SMILES string of the molecule is Cc1nn(-c2ccccc2)c2c1C(c1ccccc1)c1c(ncn(CCO)c1=N)O2. The predicted octanol–water partition coefficient (Wildman–Crippen LogP) is 3.13. The van der Waals surface area contributed by atoms with Gasteiger partial charge in [0.05, 0.1) is 35.0 Å². The van der Waals surface area contributed by atoms with Crippen molar-refractivity contribution < 1.29 is 9.84 Å². The van der Waals surface area contributed by atoms with Crippen LogP contribution in [-0.2, 0) is 6.54 Å². The van der Waals surface area contributed by atoms with E-state index in [0.29, 0.717) is 23.9 Å². The third-order valence-corrected chi connectivity index (χ3v) is 5.39. The molecule has 0 saturated heterocycles. The van der Waals surface area contributed by atoms with Gasteiger partial charge in [0, 0.05) is 6.54 Å². The highest BCUT2D eigenvalue weighted by Gasteiger charge is 2.37. The van der Waals surface area contributed by atoms with Crippen molar-refractivity contribution in [2.24, 2.45) is 0 Å². The van der Waals surface area contributed by atoms with Gasteiger partial charge in [-0.2, -0.15) is 5.10 Å². The molecule has 0 amide bonds. The molecule has 2 aromatic heterocycles. The zero-order valence-electron chi connectivity index (χ0n) is 16.5. The third-order valence-electron chi connectivity index (χ3n) is 5.39. The molecule has 0 bridgehead atoms. The summed E-state index contributed by atoms with van der Waals surface area (Å²) in [5, 5.41) is 22.9. The molecular weight excluding hydrogens is 378 g/mol. The summed E-state index contributed by atoms with van der Waals surface area (Å²) in [6.07, 6.45) is 1.54. The van der Waals surface area contributed by atoms with Gasteiger partial charge in [0.1, 0.15) is 11.8 Å². The Morgan fingerprint density at radius 3 is 2.43 bits per heavy atom. The standard InChI is InChI=1S/C23H21N5O2/c1-15-18-19(16-8-4-2-5-9-16)20-21(24)27(12-13-29)14-25-22(20)30-23(18)28(26-15)17-10-6-3-7-11-17/h2-11,14,19,24,29H,12-13H2,1H3. The molecule has 1 aliphatic rings. The number of nitrogens with one attached hydrogen (secondary N) is 1. The molecule has 150 valence electrons. The molecule has 2 aromatic carbocycles. The Hall–Kier alpha value is -3.71. The van der Waals surface area contributed by atoms with Crippen LogP contribution in [0.25, 0.3) is 5.69 Å². The predicted molar refractivity (Wildman–Crippen MR) is 111 cm³/mol. The van der Waals surface area contributed by atoms with Crippen molar-refractivity contribution in [2.45, 2.75) is 19.4 Å². The lowest BCUT2D eigenvalue weighted by Gasteiger charge is -2.27. The number of hydrogen-bond donors (Lipinski definition) is 2. The highest BCUT2D eigenvalue weighted by atomic mass is 16.5. The fourth-order valence-electron chi connectivity index (χ4n) is 4.03. The maximum atomic E-state index is 9.39. The summed E-state index contributed by atoms with van der Waals surface area (Å²) in [6.45, 7) is 2.20. The first-order valence-corrected chi connectivity index (χ1v) is 9.81. The molecule has 0 fully saturated rings. The number of aliphatic hydroxyl groups excluding tert-OH is 1. The van der Waals surface area contributed by atoms with Crippen molar-refractivity contribution in [1.29, 1.82) is 5.41 Å². The molecular formula is C23H21N5O2. The first kappa shape index (κ1) is 18.3. The van der Waals surface area contributed by atoms with E-state index in [9.17, 15) is 5.11 Å². The summed E-state index contributed by atoms with van der Waals surface area (Å²) < 4.78 is 9.68. The topological polar surface area (TPSA) is 89.0 Å². The monoisotopic (exact) mass is 399 g/mol. The largest absolute Gasteiger partial charge is 0.420 e. The highest BCUT2D eigenvalue weighted by molar-refractivity contribution is 5.57. The van der Waals surface area contributed by atoms with E-state index in [4.69, 9.17) is 15.2 Å². The quantitative estimate of drug-likeness (QED) is 0.486. The summed E-state index contributed by atoms with van der Waals surface area (Å²) in [6, 6.07) is 19.9. The van der Waals surface area contributed by atoms with Crippen molar-refractivity contribution in [3.05, 3.63) is 94.9 Å². The minimum absolute atomic E-state index is 0.0654. The normalized spacial score (nSPS) is 14.7. The van der Waals surface area contributed by atoms with E-state index in [-0.39, 0.29) is 18.0 Å². The van der Waals surface area contributed by atoms with Crippen LogP contribution >= 0.6 is 0 Å². The molecule has 0 saturated carbocycles. The Kier molecular flexibility index (Phi) is 4.44. The van der Waals surface area contributed by atoms with E-state index in [1.54, 1.807) is 15.6 Å². The van der Waals surface area contributed by atoms with E-state index < -0.39 is 0 Å². The number of benzene rings is 2. The molecule has 1 unspecified atom stereocenters. The molecule has 2 N–H and O–H groups in total. The van der Waals surface area contributed by atoms with Crippen molar-refractivity contribution in [3.63, 3.8) is 0 Å². The van der Waals surface area contributed by atoms with Crippen LogP contribution in [0.3, 0.4) is 0 Å². The number of hydrogen-bond acceptors (Lipinski definition) is 5. The number of aromatic nitrogens is 4. The van der Waals surface area contributed by atoms with Crippen molar-refractivity contribution in [1.82, 2.24) is 19.3 Å². The molecule has 7 nitrogen and oxygen atoms in total. The fraction of sp³-hybridized carbons (Fsp3) is 0.174. The van der Waals surface area contributed by atoms with Gasteiger partial charge in [-0.3, -0.25) is 5.41 Å². The van der Waals surface area contributed by atoms with Gasteiger partial charge in [0.2, 0.25) is 11.8 Å². The van der Waals surface area contributed by atoms with Gasteiger partial charge in [-0.05, 0) is 24.6 Å². The fourth-order valence-corrected chi connectivity index (χ4v) is 4.03. The van der Waals surface area contributed by atoms with E-state index in [0.717, 1.165) is 22.5 Å². The zero-order valence-corrected chi connectivity index (χ0v) is 16.5. The second-order valence-corrected chi connectivity index (χ2v) is 7.23. The molecule has 30 heavy (non-hydrogen) atoms. The Morgan fingerprint density at radius 1 is 1.03 bits per heavy atom. The lowest BCUT2D eigenvalue weighted by atomic mass is 9.84. The first-order chi connectivity index (χ1) is 14.7. The van der Waals surface area contributed by atoms with E-state index in [1.807, 2.05) is 67.6 Å². The molecule has 7 heteroatoms. The van der Waals surface area contributed by atoms with Gasteiger partial charge in [0.15, 0.2) is 0 Å². The number of nitrogens with zero attached hydrogens (tertiary/aromatic N) is 4. The van der Waals surface area contributed by atoms with E-state index in [2.05, 4.69) is 4.98 Å². The number of aryl methyl sites for hydroxylation is 1. The van der Waals surface area contributed by atoms with Crippen LogP contribution in [-0.4, -0.2) is 31.0 Å². The lowest BCUT2D eigenvalue weighted by Crippen LogP contribution is -2.30. The van der Waals surface area contributed by atoms with Crippen LogP contribution in [0.15, 0.2) is 67.0 Å². The van der Waals surface area contributed by atoms with Gasteiger partial charge in [-0.1, -0.05) is 48.5 Å².